The Hall–Kier alpha value is -1.82. The zero-order chi connectivity index (χ0) is 15.3. The number of anilines is 1. The van der Waals surface area contributed by atoms with Crippen molar-refractivity contribution in [3.63, 3.8) is 0 Å². The summed E-state index contributed by atoms with van der Waals surface area (Å²) in [6.07, 6.45) is 0. The lowest BCUT2D eigenvalue weighted by atomic mass is 10.1. The number of rotatable bonds is 7. The van der Waals surface area contributed by atoms with Gasteiger partial charge in [-0.2, -0.15) is 0 Å². The predicted octanol–water partition coefficient (Wildman–Crippen LogP) is 2.99. The molecule has 6 heteroatoms. The first-order valence-electron chi connectivity index (χ1n) is 6.85. The van der Waals surface area contributed by atoms with Crippen molar-refractivity contribution in [2.75, 3.05) is 31.8 Å². The van der Waals surface area contributed by atoms with Gasteiger partial charge < -0.3 is 4.74 Å². The Bertz CT molecular complexity index is 473. The number of nitrogens with zero attached hydrogens (tertiary/aromatic N) is 3. The van der Waals surface area contributed by atoms with E-state index in [0.717, 1.165) is 18.7 Å². The molecule has 0 aliphatic heterocycles. The Morgan fingerprint density at radius 1 is 1.20 bits per heavy atom. The van der Waals surface area contributed by atoms with Crippen molar-refractivity contribution in [2.45, 2.75) is 27.7 Å². The van der Waals surface area contributed by atoms with E-state index in [9.17, 15) is 10.1 Å². The third-order valence-electron chi connectivity index (χ3n) is 3.34. The third-order valence-corrected chi connectivity index (χ3v) is 3.34. The summed E-state index contributed by atoms with van der Waals surface area (Å²) in [5.74, 6) is 0.663. The largest absolute Gasteiger partial charge is 0.496 e. The Balaban J connectivity index is 3.41. The van der Waals surface area contributed by atoms with Gasteiger partial charge in [-0.3, -0.25) is 15.1 Å². The van der Waals surface area contributed by atoms with E-state index >= 15 is 0 Å². The molecule has 0 aliphatic carbocycles. The standard InChI is InChI=1S/C14H23N3O3/c1-6-15(7-2)16(8-3)12-10-14(20-5)11(4)9-13(12)17(18)19/h9-10H,6-8H2,1-5H3. The van der Waals surface area contributed by atoms with Crippen LogP contribution < -0.4 is 9.75 Å². The Labute approximate surface area is 120 Å². The minimum atomic E-state index is -0.339. The van der Waals surface area contributed by atoms with Crippen LogP contribution in [0.3, 0.4) is 0 Å². The lowest BCUT2D eigenvalue weighted by molar-refractivity contribution is -0.384. The molecule has 0 unspecified atom stereocenters. The maximum absolute atomic E-state index is 11.3. The molecule has 0 fully saturated rings. The van der Waals surface area contributed by atoms with Crippen molar-refractivity contribution in [3.8, 4) is 5.75 Å². The summed E-state index contributed by atoms with van der Waals surface area (Å²) in [7, 11) is 1.58. The van der Waals surface area contributed by atoms with Crippen molar-refractivity contribution in [2.24, 2.45) is 0 Å². The fourth-order valence-electron chi connectivity index (χ4n) is 2.32. The molecule has 0 amide bonds. The lowest BCUT2D eigenvalue weighted by Gasteiger charge is -2.34. The van der Waals surface area contributed by atoms with Crippen LogP contribution >= 0.6 is 0 Å². The highest BCUT2D eigenvalue weighted by Gasteiger charge is 2.24. The van der Waals surface area contributed by atoms with Crippen molar-refractivity contribution < 1.29 is 9.66 Å². The Morgan fingerprint density at radius 3 is 2.20 bits per heavy atom. The van der Waals surface area contributed by atoms with Crippen LogP contribution in [0.4, 0.5) is 11.4 Å². The summed E-state index contributed by atoms with van der Waals surface area (Å²) in [6.45, 7) is 10.1. The van der Waals surface area contributed by atoms with Crippen LogP contribution in [0.15, 0.2) is 12.1 Å². The van der Waals surface area contributed by atoms with Crippen LogP contribution in [0.5, 0.6) is 5.75 Å². The maximum atomic E-state index is 11.3. The summed E-state index contributed by atoms with van der Waals surface area (Å²) in [4.78, 5) is 11.0. The number of benzene rings is 1. The maximum Gasteiger partial charge on any atom is 0.294 e. The molecule has 0 heterocycles. The molecule has 0 N–H and O–H groups in total. The molecular weight excluding hydrogens is 258 g/mol. The fraction of sp³-hybridized carbons (Fsp3) is 0.571. The van der Waals surface area contributed by atoms with Crippen LogP contribution in [0.1, 0.15) is 26.3 Å². The van der Waals surface area contributed by atoms with E-state index in [2.05, 4.69) is 5.01 Å². The summed E-state index contributed by atoms with van der Waals surface area (Å²) in [6, 6.07) is 3.32. The van der Waals surface area contributed by atoms with Crippen molar-refractivity contribution in [1.82, 2.24) is 5.01 Å². The molecule has 1 rings (SSSR count). The number of hydrazine groups is 1. The number of nitro groups is 1. The highest BCUT2D eigenvalue weighted by molar-refractivity contribution is 5.67. The monoisotopic (exact) mass is 281 g/mol. The van der Waals surface area contributed by atoms with Crippen molar-refractivity contribution in [3.05, 3.63) is 27.8 Å². The summed E-state index contributed by atoms with van der Waals surface area (Å²) in [5, 5.41) is 15.3. The van der Waals surface area contributed by atoms with E-state index in [-0.39, 0.29) is 10.6 Å². The van der Waals surface area contributed by atoms with E-state index in [1.54, 1.807) is 19.2 Å². The first kappa shape index (κ1) is 16.2. The average molecular weight is 281 g/mol. The van der Waals surface area contributed by atoms with Crippen molar-refractivity contribution in [1.29, 1.82) is 0 Å². The minimum Gasteiger partial charge on any atom is -0.496 e. The summed E-state index contributed by atoms with van der Waals surface area (Å²) < 4.78 is 5.29. The molecule has 0 saturated heterocycles. The van der Waals surface area contributed by atoms with Gasteiger partial charge in [-0.1, -0.05) is 13.8 Å². The van der Waals surface area contributed by atoms with Gasteiger partial charge in [0, 0.05) is 31.8 Å². The number of aryl methyl sites for hydroxylation is 1. The normalized spacial score (nSPS) is 10.7. The predicted molar refractivity (Wildman–Crippen MR) is 80.3 cm³/mol. The molecule has 0 bridgehead atoms. The Kier molecular flexibility index (Phi) is 5.76. The van der Waals surface area contributed by atoms with Gasteiger partial charge in [-0.15, -0.1) is 0 Å². The zero-order valence-electron chi connectivity index (χ0n) is 12.8. The van der Waals surface area contributed by atoms with Crippen LogP contribution in [0.25, 0.3) is 0 Å². The first-order valence-corrected chi connectivity index (χ1v) is 6.85. The van der Waals surface area contributed by atoms with E-state index < -0.39 is 0 Å². The van der Waals surface area contributed by atoms with Crippen LogP contribution in [0.2, 0.25) is 0 Å². The molecule has 0 atom stereocenters. The van der Waals surface area contributed by atoms with E-state index in [1.165, 1.54) is 0 Å². The second kappa shape index (κ2) is 7.09. The van der Waals surface area contributed by atoms with Crippen LogP contribution in [-0.2, 0) is 0 Å². The highest BCUT2D eigenvalue weighted by Crippen LogP contribution is 2.35. The minimum absolute atomic E-state index is 0.108. The molecule has 0 aliphatic rings. The number of hydrogen-bond donors (Lipinski definition) is 0. The molecule has 0 spiro atoms. The van der Waals surface area contributed by atoms with Crippen molar-refractivity contribution >= 4 is 11.4 Å². The van der Waals surface area contributed by atoms with Gasteiger partial charge >= 0.3 is 0 Å². The second-order valence-corrected chi connectivity index (χ2v) is 4.42. The number of methoxy groups -OCH3 is 1. The third kappa shape index (κ3) is 3.19. The average Bonchev–Trinajstić information content (AvgIpc) is 2.44. The quantitative estimate of drug-likeness (QED) is 0.568. The van der Waals surface area contributed by atoms with E-state index in [0.29, 0.717) is 18.0 Å². The van der Waals surface area contributed by atoms with Crippen LogP contribution in [-0.4, -0.2) is 36.7 Å². The van der Waals surface area contributed by atoms with Crippen LogP contribution in [0, 0.1) is 17.0 Å². The number of hydrogen-bond acceptors (Lipinski definition) is 5. The van der Waals surface area contributed by atoms with E-state index in [4.69, 9.17) is 4.74 Å². The van der Waals surface area contributed by atoms with Gasteiger partial charge in [0.1, 0.15) is 11.4 Å². The van der Waals surface area contributed by atoms with Gasteiger partial charge in [-0.25, -0.2) is 5.01 Å². The fourth-order valence-corrected chi connectivity index (χ4v) is 2.32. The van der Waals surface area contributed by atoms with Gasteiger partial charge in [0.15, 0.2) is 0 Å². The second-order valence-electron chi connectivity index (χ2n) is 4.42. The topological polar surface area (TPSA) is 58.8 Å². The summed E-state index contributed by atoms with van der Waals surface area (Å²) in [5.41, 5.74) is 1.44. The SMILES string of the molecule is CCN(CC)N(CC)c1cc(OC)c(C)cc1[N+](=O)[O-]. The molecule has 0 radical (unpaired) electrons. The molecular formula is C14H23N3O3. The lowest BCUT2D eigenvalue weighted by Crippen LogP contribution is -2.42. The van der Waals surface area contributed by atoms with Gasteiger partial charge in [0.2, 0.25) is 0 Å². The molecule has 0 aromatic heterocycles. The van der Waals surface area contributed by atoms with Gasteiger partial charge in [0.25, 0.3) is 5.69 Å². The molecule has 6 nitrogen and oxygen atoms in total. The number of nitro benzene ring substituents is 1. The molecule has 20 heavy (non-hydrogen) atoms. The smallest absolute Gasteiger partial charge is 0.294 e. The van der Waals surface area contributed by atoms with Gasteiger partial charge in [-0.05, 0) is 19.4 Å². The Morgan fingerprint density at radius 2 is 1.80 bits per heavy atom. The molecule has 1 aromatic carbocycles. The van der Waals surface area contributed by atoms with Gasteiger partial charge in [0.05, 0.1) is 12.0 Å². The number of ether oxygens (including phenoxy) is 1. The van der Waals surface area contributed by atoms with E-state index in [1.807, 2.05) is 32.7 Å². The molecule has 1 aromatic rings. The first-order chi connectivity index (χ1) is 9.49. The molecule has 0 saturated carbocycles. The summed E-state index contributed by atoms with van der Waals surface area (Å²) >= 11 is 0. The highest BCUT2D eigenvalue weighted by atomic mass is 16.6. The molecule has 112 valence electrons. The zero-order valence-corrected chi connectivity index (χ0v) is 12.8.